The summed E-state index contributed by atoms with van der Waals surface area (Å²) >= 11 is 15.4. The van der Waals surface area contributed by atoms with E-state index in [0.717, 1.165) is 12.1 Å². The highest BCUT2D eigenvalue weighted by atomic mass is 35.5. The van der Waals surface area contributed by atoms with Gasteiger partial charge in [0.25, 0.3) is 0 Å². The number of nitrogens with zero attached hydrogens (tertiary/aromatic N) is 6. The van der Waals surface area contributed by atoms with E-state index in [-0.39, 0.29) is 73.7 Å². The molecule has 4 unspecified atom stereocenters. The van der Waals surface area contributed by atoms with E-state index in [9.17, 15) is 36.7 Å². The third-order valence-electron chi connectivity index (χ3n) is 11.2. The highest BCUT2D eigenvalue weighted by molar-refractivity contribution is 7.12. The molecule has 72 heavy (non-hydrogen) atoms. The van der Waals surface area contributed by atoms with Crippen LogP contribution in [0.1, 0.15) is 47.1 Å². The Balaban J connectivity index is 0.000000211. The van der Waals surface area contributed by atoms with Gasteiger partial charge >= 0.3 is 23.9 Å². The van der Waals surface area contributed by atoms with Crippen molar-refractivity contribution in [3.8, 4) is 0 Å². The van der Waals surface area contributed by atoms with E-state index in [1.54, 1.807) is 46.8 Å². The third-order valence-corrected chi connectivity index (χ3v) is 13.4. The Morgan fingerprint density at radius 2 is 1.08 bits per heavy atom. The molecule has 2 aromatic heterocycles. The van der Waals surface area contributed by atoms with E-state index < -0.39 is 85.4 Å². The minimum absolute atomic E-state index is 0.0305. The topological polar surface area (TPSA) is 227 Å². The van der Waals surface area contributed by atoms with E-state index >= 15 is 0 Å². The molecular weight excluding hydrogens is 1040 g/mol. The lowest BCUT2D eigenvalue weighted by Gasteiger charge is -2.29. The zero-order valence-electron chi connectivity index (χ0n) is 38.2. The average Bonchev–Trinajstić information content (AvgIpc) is 4.17. The van der Waals surface area contributed by atoms with Crippen LogP contribution in [0, 0.1) is 11.6 Å². The maximum absolute atomic E-state index is 14.6. The zero-order valence-corrected chi connectivity index (χ0v) is 41.4. The van der Waals surface area contributed by atoms with Gasteiger partial charge < -0.3 is 39.8 Å². The van der Waals surface area contributed by atoms with Crippen LogP contribution in [0.25, 0.3) is 0 Å². The van der Waals surface area contributed by atoms with Crippen LogP contribution in [-0.4, -0.2) is 156 Å². The van der Waals surface area contributed by atoms with Crippen LogP contribution in [0.4, 0.5) is 17.6 Å². The van der Waals surface area contributed by atoms with Crippen molar-refractivity contribution in [2.24, 2.45) is 9.98 Å². The Morgan fingerprint density at radius 3 is 1.42 bits per heavy atom. The second-order valence-electron chi connectivity index (χ2n) is 16.1. The number of carboxylic acid groups (broad SMARTS) is 2. The summed E-state index contributed by atoms with van der Waals surface area (Å²) in [5.74, 6) is -4.02. The molecule has 4 aliphatic rings. The Hall–Kier alpha value is -5.86. The molecule has 0 spiro atoms. The fraction of sp³-hybridized carbons (Fsp3) is 0.391. The molecule has 4 aromatic rings. The summed E-state index contributed by atoms with van der Waals surface area (Å²) in [6.07, 6.45) is -1.46. The molecule has 6 heterocycles. The van der Waals surface area contributed by atoms with Crippen LogP contribution in [0.15, 0.2) is 92.1 Å². The fourth-order valence-corrected chi connectivity index (χ4v) is 9.84. The fourth-order valence-electron chi connectivity index (χ4n) is 8.13. The molecule has 0 saturated carbocycles. The van der Waals surface area contributed by atoms with Gasteiger partial charge in [-0.2, -0.15) is 0 Å². The predicted molar refractivity (Wildman–Crippen MR) is 257 cm³/mol. The first-order valence-corrected chi connectivity index (χ1v) is 24.6. The number of rotatable bonds is 18. The molecule has 0 aliphatic carbocycles. The van der Waals surface area contributed by atoms with E-state index in [0.29, 0.717) is 44.2 Å². The van der Waals surface area contributed by atoms with E-state index in [4.69, 9.17) is 52.4 Å². The quantitative estimate of drug-likeness (QED) is 0.0669. The van der Waals surface area contributed by atoms with Gasteiger partial charge in [-0.15, -0.1) is 22.7 Å². The molecular formula is C46H46Cl2F4N8O10S2. The number of nitrogens with one attached hydrogen (secondary N) is 2. The predicted octanol–water partition coefficient (Wildman–Crippen LogP) is 5.93. The molecule has 8 rings (SSSR count). The van der Waals surface area contributed by atoms with Crippen molar-refractivity contribution in [1.29, 1.82) is 0 Å². The number of benzene rings is 2. The normalized spacial score (nSPS) is 22.3. The van der Waals surface area contributed by atoms with Gasteiger partial charge in [-0.1, -0.05) is 35.3 Å². The number of carboxylic acids is 2. The van der Waals surface area contributed by atoms with Crippen LogP contribution in [-0.2, 0) is 38.1 Å². The van der Waals surface area contributed by atoms with Crippen molar-refractivity contribution in [3.63, 3.8) is 0 Å². The number of aliphatic carboxylic acids is 2. The number of ether oxygens (including phenoxy) is 4. The van der Waals surface area contributed by atoms with E-state index in [1.807, 2.05) is 0 Å². The monoisotopic (exact) mass is 1080 g/mol. The van der Waals surface area contributed by atoms with Crippen molar-refractivity contribution in [3.05, 3.63) is 125 Å². The lowest BCUT2D eigenvalue weighted by Crippen LogP contribution is -2.39. The minimum atomic E-state index is -1.41. The summed E-state index contributed by atoms with van der Waals surface area (Å²) in [6.45, 7) is 2.64. The Kier molecular flexibility index (Phi) is 18.5. The van der Waals surface area contributed by atoms with Gasteiger partial charge in [0, 0.05) is 95.0 Å². The van der Waals surface area contributed by atoms with Gasteiger partial charge in [-0.25, -0.2) is 46.7 Å². The van der Waals surface area contributed by atoms with E-state index in [1.165, 1.54) is 46.9 Å². The first kappa shape index (κ1) is 53.9. The number of alkyl halides is 2. The highest BCUT2D eigenvalue weighted by Gasteiger charge is 2.41. The van der Waals surface area contributed by atoms with Crippen molar-refractivity contribution in [2.75, 3.05) is 65.7 Å². The summed E-state index contributed by atoms with van der Waals surface area (Å²) in [6, 6.07) is 5.76. The van der Waals surface area contributed by atoms with Crippen LogP contribution < -0.4 is 10.6 Å². The number of aromatic nitrogens is 2. The molecule has 0 radical (unpaired) electrons. The lowest BCUT2D eigenvalue weighted by atomic mass is 9.95. The standard InChI is InChI=1S/2C23H23ClF2N4O5S/c2*1-2-34-23(33)19-16(9-30-8-15(26)17(10-30)35-11-18(31)32)28-21(22-27-5-6-36-22)29-20(19)13-4-3-12(25)7-14(13)24/h2*3-7,15,17,20H,2,8-11H2,1H3,(H,28,29)(H,31,32)/t15-,17+,20?;/m1./s1. The van der Waals surface area contributed by atoms with Crippen molar-refractivity contribution in [1.82, 2.24) is 30.4 Å². The molecule has 4 N–H and O–H groups in total. The first-order chi connectivity index (χ1) is 34.5. The third kappa shape index (κ3) is 13.4. The van der Waals surface area contributed by atoms with Crippen LogP contribution in [0.2, 0.25) is 10.0 Å². The number of thiazole rings is 2. The molecule has 0 amide bonds. The summed E-state index contributed by atoms with van der Waals surface area (Å²) in [5.41, 5.74) is 1.87. The molecule has 18 nitrogen and oxygen atoms in total. The number of amidine groups is 2. The number of carbonyl (C=O) groups excluding carboxylic acids is 2. The average molecular weight is 1080 g/mol. The second-order valence-corrected chi connectivity index (χ2v) is 18.8. The zero-order chi connectivity index (χ0) is 51.6. The van der Waals surface area contributed by atoms with Gasteiger partial charge in [0.1, 0.15) is 61.5 Å². The molecule has 6 atom stereocenters. The maximum Gasteiger partial charge on any atom is 0.338 e. The summed E-state index contributed by atoms with van der Waals surface area (Å²) in [5, 5.41) is 28.8. The minimum Gasteiger partial charge on any atom is -0.480 e. The SMILES string of the molecule is CCOC(=O)C1=C(CN2CC(F)C(OCC(=O)O)C2)NC(c2nccs2)=NC1c1ccc(F)cc1Cl.CCOC(=O)C1=C(CN2C[C@@H](F)[C@@H](OCC(=O)O)C2)NC(c2nccs2)=NC1c1ccc(F)cc1Cl. The maximum atomic E-state index is 14.6. The molecule has 2 fully saturated rings. The Labute approximate surface area is 427 Å². The number of aliphatic imine (C=N–C) groups is 2. The van der Waals surface area contributed by atoms with Gasteiger partial charge in [-0.3, -0.25) is 19.8 Å². The highest BCUT2D eigenvalue weighted by Crippen LogP contribution is 2.39. The Morgan fingerprint density at radius 1 is 0.681 bits per heavy atom. The van der Waals surface area contributed by atoms with Crippen LogP contribution >= 0.6 is 45.9 Å². The van der Waals surface area contributed by atoms with Crippen molar-refractivity contribution in [2.45, 2.75) is 50.5 Å². The van der Waals surface area contributed by atoms with Crippen LogP contribution in [0.3, 0.4) is 0 Å². The largest absolute Gasteiger partial charge is 0.480 e. The van der Waals surface area contributed by atoms with Gasteiger partial charge in [0.15, 0.2) is 21.7 Å². The van der Waals surface area contributed by atoms with Gasteiger partial charge in [-0.05, 0) is 38.1 Å². The summed E-state index contributed by atoms with van der Waals surface area (Å²) < 4.78 is 77.7. The molecule has 384 valence electrons. The number of likely N-dealkylation sites (tertiary alicyclic amines) is 2. The Bertz CT molecular complexity index is 2570. The van der Waals surface area contributed by atoms with E-state index in [2.05, 4.69) is 30.6 Å². The molecule has 2 aromatic carbocycles. The van der Waals surface area contributed by atoms with Crippen LogP contribution in [0.5, 0.6) is 0 Å². The summed E-state index contributed by atoms with van der Waals surface area (Å²) in [7, 11) is 0. The number of hydrogen-bond acceptors (Lipinski definition) is 18. The molecule has 0 bridgehead atoms. The van der Waals surface area contributed by atoms with Crippen molar-refractivity contribution < 1.29 is 65.9 Å². The smallest absolute Gasteiger partial charge is 0.338 e. The molecule has 4 aliphatic heterocycles. The van der Waals surface area contributed by atoms with Gasteiger partial charge in [0.2, 0.25) is 0 Å². The number of carbonyl (C=O) groups is 4. The van der Waals surface area contributed by atoms with Gasteiger partial charge in [0.05, 0.1) is 24.4 Å². The first-order valence-electron chi connectivity index (χ1n) is 22.1. The molecule has 26 heteroatoms. The number of hydrogen-bond donors (Lipinski definition) is 4. The summed E-state index contributed by atoms with van der Waals surface area (Å²) in [4.78, 5) is 69.3. The molecule has 2 saturated heterocycles. The number of esters is 2. The van der Waals surface area contributed by atoms with Crippen molar-refractivity contribution >= 4 is 81.4 Å². The number of halogens is 6. The second kappa shape index (κ2) is 24.7. The lowest BCUT2D eigenvalue weighted by molar-refractivity contribution is -0.145.